The highest BCUT2D eigenvalue weighted by atomic mass is 32.1. The topological polar surface area (TPSA) is 56.0 Å². The molecule has 0 bridgehead atoms. The second kappa shape index (κ2) is 8.51. The summed E-state index contributed by atoms with van der Waals surface area (Å²) in [4.78, 5) is 21.5. The molecule has 2 aromatic carbocycles. The molecule has 4 rings (SSSR count). The van der Waals surface area contributed by atoms with Crippen LogP contribution < -0.4 is 0 Å². The molecule has 0 spiro atoms. The molecular weight excluding hydrogens is 463 g/mol. The highest BCUT2D eigenvalue weighted by Crippen LogP contribution is 2.41. The largest absolute Gasteiger partial charge is 0.439 e. The van der Waals surface area contributed by atoms with Crippen molar-refractivity contribution in [3.63, 3.8) is 0 Å². The van der Waals surface area contributed by atoms with E-state index >= 15 is 0 Å². The minimum absolute atomic E-state index is 0.165. The maximum absolute atomic E-state index is 14.0. The maximum atomic E-state index is 14.0. The summed E-state index contributed by atoms with van der Waals surface area (Å²) in [5.41, 5.74) is -0.669. The van der Waals surface area contributed by atoms with Crippen molar-refractivity contribution in [3.8, 4) is 21.9 Å². The molecule has 0 fully saturated rings. The van der Waals surface area contributed by atoms with Gasteiger partial charge in [-0.2, -0.15) is 13.2 Å². The average molecular weight is 478 g/mol. The number of alkyl halides is 3. The molecule has 2 heterocycles. The Kier molecular flexibility index (Phi) is 5.87. The smallest absolute Gasteiger partial charge is 0.416 e. The van der Waals surface area contributed by atoms with E-state index in [9.17, 15) is 26.7 Å². The van der Waals surface area contributed by atoms with Crippen LogP contribution in [-0.2, 0) is 12.6 Å². The van der Waals surface area contributed by atoms with Gasteiger partial charge < -0.3 is 4.42 Å². The van der Waals surface area contributed by atoms with Crippen molar-refractivity contribution in [1.29, 1.82) is 0 Å². The predicted molar refractivity (Wildman–Crippen MR) is 112 cm³/mol. The SMILES string of the molecule is Cc1nc(C)c(-c2nc(CC(=O)c3c(F)cccc3F)sc2-c2cccc(C(F)(F)F)c2)o1. The fourth-order valence-corrected chi connectivity index (χ4v) is 4.42. The molecule has 0 atom stereocenters. The first-order valence-corrected chi connectivity index (χ1v) is 10.4. The number of Topliss-reactive ketones (excluding diaryl/α,β-unsaturated/α-hetero) is 1. The Balaban J connectivity index is 1.82. The molecule has 170 valence electrons. The highest BCUT2D eigenvalue weighted by Gasteiger charge is 2.31. The molecule has 0 aliphatic heterocycles. The van der Waals surface area contributed by atoms with E-state index in [4.69, 9.17) is 4.42 Å². The van der Waals surface area contributed by atoms with Gasteiger partial charge in [0.25, 0.3) is 0 Å². The zero-order chi connectivity index (χ0) is 23.9. The lowest BCUT2D eigenvalue weighted by Crippen LogP contribution is -2.08. The van der Waals surface area contributed by atoms with Gasteiger partial charge in [0.2, 0.25) is 0 Å². The first-order valence-electron chi connectivity index (χ1n) is 9.63. The third-order valence-corrected chi connectivity index (χ3v) is 5.90. The number of oxazole rings is 1. The van der Waals surface area contributed by atoms with Gasteiger partial charge >= 0.3 is 6.18 Å². The van der Waals surface area contributed by atoms with Crippen LogP contribution in [-0.4, -0.2) is 15.8 Å². The van der Waals surface area contributed by atoms with Gasteiger partial charge in [-0.15, -0.1) is 11.3 Å². The molecule has 10 heteroatoms. The Morgan fingerprint density at radius 1 is 1.03 bits per heavy atom. The number of aromatic nitrogens is 2. The van der Waals surface area contributed by atoms with Gasteiger partial charge in [0.05, 0.1) is 28.1 Å². The average Bonchev–Trinajstić information content (AvgIpc) is 3.29. The van der Waals surface area contributed by atoms with Gasteiger partial charge in [0, 0.05) is 6.92 Å². The standard InChI is InChI=1S/C23H15F5N2O2S/c1-11-21(32-12(2)29-11)20-22(13-5-3-6-14(9-13)23(26,27)28)33-18(30-20)10-17(31)19-15(24)7-4-8-16(19)25/h3-9H,10H2,1-2H3. The van der Waals surface area contributed by atoms with E-state index in [0.717, 1.165) is 41.7 Å². The van der Waals surface area contributed by atoms with Crippen molar-refractivity contribution >= 4 is 17.1 Å². The molecule has 0 saturated carbocycles. The molecule has 0 aliphatic rings. The molecule has 33 heavy (non-hydrogen) atoms. The maximum Gasteiger partial charge on any atom is 0.416 e. The predicted octanol–water partition coefficient (Wildman–Crippen LogP) is 6.80. The van der Waals surface area contributed by atoms with E-state index < -0.39 is 41.1 Å². The van der Waals surface area contributed by atoms with E-state index in [2.05, 4.69) is 9.97 Å². The van der Waals surface area contributed by atoms with Crippen molar-refractivity contribution in [2.45, 2.75) is 26.4 Å². The van der Waals surface area contributed by atoms with Crippen LogP contribution in [0.4, 0.5) is 22.0 Å². The lowest BCUT2D eigenvalue weighted by molar-refractivity contribution is -0.137. The third-order valence-electron chi connectivity index (χ3n) is 4.80. The van der Waals surface area contributed by atoms with Gasteiger partial charge in [0.15, 0.2) is 17.4 Å². The monoisotopic (exact) mass is 478 g/mol. The molecular formula is C23H15F5N2O2S. The summed E-state index contributed by atoms with van der Waals surface area (Å²) in [7, 11) is 0. The Labute approximate surface area is 188 Å². The summed E-state index contributed by atoms with van der Waals surface area (Å²) >= 11 is 0.947. The molecule has 2 aromatic heterocycles. The van der Waals surface area contributed by atoms with E-state index in [1.807, 2.05) is 0 Å². The number of ketones is 1. The van der Waals surface area contributed by atoms with Crippen LogP contribution in [0.1, 0.15) is 32.5 Å². The van der Waals surface area contributed by atoms with E-state index in [1.165, 1.54) is 12.1 Å². The van der Waals surface area contributed by atoms with Crippen LogP contribution in [0.25, 0.3) is 21.9 Å². The number of carbonyl (C=O) groups is 1. The number of benzene rings is 2. The zero-order valence-corrected chi connectivity index (χ0v) is 18.1. The minimum atomic E-state index is -4.55. The van der Waals surface area contributed by atoms with E-state index in [1.54, 1.807) is 13.8 Å². The fraction of sp³-hybridized carbons (Fsp3) is 0.174. The normalized spacial score (nSPS) is 11.7. The highest BCUT2D eigenvalue weighted by molar-refractivity contribution is 7.15. The Hall–Kier alpha value is -3.40. The number of aryl methyl sites for hydroxylation is 2. The number of nitrogens with zero attached hydrogens (tertiary/aromatic N) is 2. The Bertz CT molecular complexity index is 1340. The molecule has 0 saturated heterocycles. The van der Waals surface area contributed by atoms with Crippen molar-refractivity contribution in [2.75, 3.05) is 0 Å². The molecule has 4 nitrogen and oxygen atoms in total. The Morgan fingerprint density at radius 3 is 2.30 bits per heavy atom. The summed E-state index contributed by atoms with van der Waals surface area (Å²) in [5.74, 6) is -2.27. The quantitative estimate of drug-likeness (QED) is 0.234. The summed E-state index contributed by atoms with van der Waals surface area (Å²) in [6.45, 7) is 3.26. The molecule has 0 N–H and O–H groups in total. The van der Waals surface area contributed by atoms with Crippen LogP contribution in [0.3, 0.4) is 0 Å². The molecule has 4 aromatic rings. The van der Waals surface area contributed by atoms with Gasteiger partial charge in [-0.3, -0.25) is 4.79 Å². The minimum Gasteiger partial charge on any atom is -0.439 e. The second-order valence-corrected chi connectivity index (χ2v) is 8.29. The van der Waals surface area contributed by atoms with Gasteiger partial charge in [-0.05, 0) is 36.8 Å². The zero-order valence-electron chi connectivity index (χ0n) is 17.3. The van der Waals surface area contributed by atoms with Crippen LogP contribution in [0.15, 0.2) is 46.9 Å². The fourth-order valence-electron chi connectivity index (χ4n) is 3.37. The van der Waals surface area contributed by atoms with Crippen LogP contribution in [0.2, 0.25) is 0 Å². The van der Waals surface area contributed by atoms with Crippen LogP contribution in [0.5, 0.6) is 0 Å². The van der Waals surface area contributed by atoms with Crippen LogP contribution in [0, 0.1) is 25.5 Å². The third kappa shape index (κ3) is 4.56. The second-order valence-electron chi connectivity index (χ2n) is 7.21. The van der Waals surface area contributed by atoms with Crippen LogP contribution >= 0.6 is 11.3 Å². The van der Waals surface area contributed by atoms with Gasteiger partial charge in [-0.25, -0.2) is 18.7 Å². The number of thiazole rings is 1. The molecule has 0 aliphatic carbocycles. The lowest BCUT2D eigenvalue weighted by Gasteiger charge is -2.08. The van der Waals surface area contributed by atoms with Crippen molar-refractivity contribution in [2.24, 2.45) is 0 Å². The van der Waals surface area contributed by atoms with Crippen molar-refractivity contribution < 1.29 is 31.2 Å². The lowest BCUT2D eigenvalue weighted by atomic mass is 10.1. The number of rotatable bonds is 5. The van der Waals surface area contributed by atoms with E-state index in [0.29, 0.717) is 16.5 Å². The number of hydrogen-bond acceptors (Lipinski definition) is 5. The van der Waals surface area contributed by atoms with Crippen molar-refractivity contribution in [1.82, 2.24) is 9.97 Å². The van der Waals surface area contributed by atoms with E-state index in [-0.39, 0.29) is 22.0 Å². The summed E-state index contributed by atoms with van der Waals surface area (Å²) in [5, 5.41) is 0.165. The molecule has 0 radical (unpaired) electrons. The molecule has 0 unspecified atom stereocenters. The molecule has 0 amide bonds. The van der Waals surface area contributed by atoms with Crippen molar-refractivity contribution in [3.05, 3.63) is 81.8 Å². The first kappa shape index (κ1) is 22.8. The summed E-state index contributed by atoms with van der Waals surface area (Å²) < 4.78 is 73.4. The summed E-state index contributed by atoms with van der Waals surface area (Å²) in [6.07, 6.45) is -5.00. The Morgan fingerprint density at radius 2 is 1.70 bits per heavy atom. The van der Waals surface area contributed by atoms with Gasteiger partial charge in [-0.1, -0.05) is 18.2 Å². The summed E-state index contributed by atoms with van der Waals surface area (Å²) in [6, 6.07) is 7.74. The number of hydrogen-bond donors (Lipinski definition) is 0. The van der Waals surface area contributed by atoms with Gasteiger partial charge in [0.1, 0.15) is 22.3 Å². The number of carbonyl (C=O) groups excluding carboxylic acids is 1. The first-order chi connectivity index (χ1) is 15.5. The number of halogens is 5.